The zero-order valence-electron chi connectivity index (χ0n) is 12.4. The molecule has 0 aliphatic rings. The number of rotatable bonds is 6. The molecule has 0 spiro atoms. The molecule has 0 aliphatic carbocycles. The van der Waals surface area contributed by atoms with Crippen LogP contribution in [0, 0.1) is 5.41 Å². The highest BCUT2D eigenvalue weighted by molar-refractivity contribution is 7.99. The van der Waals surface area contributed by atoms with Crippen molar-refractivity contribution in [2.24, 2.45) is 5.41 Å². The standard InChI is InChI=1S/C16H19NO3S/c1-4-20-15(19)16(2,3)13(18)10-21-14-9-11-7-5-6-8-12(11)17-14/h5-9,17H,4,10H2,1-3H3. The highest BCUT2D eigenvalue weighted by Crippen LogP contribution is 2.27. The first-order valence-electron chi connectivity index (χ1n) is 6.86. The van der Waals surface area contributed by atoms with Crippen LogP contribution < -0.4 is 0 Å². The number of ether oxygens (including phenoxy) is 1. The number of fused-ring (bicyclic) bond motifs is 1. The molecule has 1 aromatic heterocycles. The van der Waals surface area contributed by atoms with Gasteiger partial charge in [0.2, 0.25) is 0 Å². The van der Waals surface area contributed by atoms with Crippen molar-refractivity contribution in [2.45, 2.75) is 25.8 Å². The molecule has 0 aliphatic heterocycles. The third-order valence-corrected chi connectivity index (χ3v) is 4.28. The predicted molar refractivity (Wildman–Crippen MR) is 84.4 cm³/mol. The number of H-pyrrole nitrogens is 1. The molecule has 0 fully saturated rings. The van der Waals surface area contributed by atoms with Crippen LogP contribution in [0.2, 0.25) is 0 Å². The molecule has 0 unspecified atom stereocenters. The Hall–Kier alpha value is -1.75. The Morgan fingerprint density at radius 1 is 1.29 bits per heavy atom. The number of aromatic amines is 1. The van der Waals surface area contributed by atoms with Gasteiger partial charge in [-0.15, -0.1) is 11.8 Å². The Bertz CT molecular complexity index is 627. The summed E-state index contributed by atoms with van der Waals surface area (Å²) in [6.45, 7) is 5.24. The maximum Gasteiger partial charge on any atom is 0.319 e. The summed E-state index contributed by atoms with van der Waals surface area (Å²) in [7, 11) is 0. The van der Waals surface area contributed by atoms with Crippen molar-refractivity contribution in [1.82, 2.24) is 4.98 Å². The van der Waals surface area contributed by atoms with Crippen LogP contribution in [-0.4, -0.2) is 29.1 Å². The number of carbonyl (C=O) groups excluding carboxylic acids is 2. The Morgan fingerprint density at radius 3 is 2.67 bits per heavy atom. The van der Waals surface area contributed by atoms with Crippen molar-refractivity contribution in [2.75, 3.05) is 12.4 Å². The molecular weight excluding hydrogens is 286 g/mol. The van der Waals surface area contributed by atoms with Gasteiger partial charge in [0.1, 0.15) is 5.41 Å². The fourth-order valence-electron chi connectivity index (χ4n) is 1.87. The second-order valence-electron chi connectivity index (χ2n) is 5.28. The number of benzene rings is 1. The van der Waals surface area contributed by atoms with E-state index in [2.05, 4.69) is 4.98 Å². The van der Waals surface area contributed by atoms with Crippen molar-refractivity contribution in [3.63, 3.8) is 0 Å². The highest BCUT2D eigenvalue weighted by Gasteiger charge is 2.36. The molecule has 4 nitrogen and oxygen atoms in total. The number of nitrogens with one attached hydrogen (secondary N) is 1. The van der Waals surface area contributed by atoms with E-state index in [0.717, 1.165) is 15.9 Å². The molecule has 1 N–H and O–H groups in total. The fourth-order valence-corrected chi connectivity index (χ4v) is 2.91. The van der Waals surface area contributed by atoms with Gasteiger partial charge in [-0.1, -0.05) is 18.2 Å². The lowest BCUT2D eigenvalue weighted by Gasteiger charge is -2.20. The number of ketones is 1. The summed E-state index contributed by atoms with van der Waals surface area (Å²) in [4.78, 5) is 27.3. The number of hydrogen-bond donors (Lipinski definition) is 1. The predicted octanol–water partition coefficient (Wildman–Crippen LogP) is 3.42. The molecule has 0 bridgehead atoms. The molecule has 21 heavy (non-hydrogen) atoms. The van der Waals surface area contributed by atoms with Crippen molar-refractivity contribution in [1.29, 1.82) is 0 Å². The maximum atomic E-state index is 12.2. The van der Waals surface area contributed by atoms with Crippen LogP contribution in [0.4, 0.5) is 0 Å². The van der Waals surface area contributed by atoms with Crippen LogP contribution in [0.25, 0.3) is 10.9 Å². The summed E-state index contributed by atoms with van der Waals surface area (Å²) in [5.74, 6) is -0.365. The van der Waals surface area contributed by atoms with Gasteiger partial charge < -0.3 is 9.72 Å². The number of esters is 1. The van der Waals surface area contributed by atoms with Crippen LogP contribution in [0.3, 0.4) is 0 Å². The fraction of sp³-hybridized carbons (Fsp3) is 0.375. The molecule has 0 atom stereocenters. The van der Waals surface area contributed by atoms with Crippen molar-refractivity contribution in [3.05, 3.63) is 30.3 Å². The third-order valence-electron chi connectivity index (χ3n) is 3.35. The maximum absolute atomic E-state index is 12.2. The average molecular weight is 305 g/mol. The molecule has 2 rings (SSSR count). The number of carbonyl (C=O) groups is 2. The quantitative estimate of drug-likeness (QED) is 0.505. The molecule has 0 radical (unpaired) electrons. The van der Waals surface area contributed by atoms with Gasteiger partial charge in [-0.25, -0.2) is 0 Å². The van der Waals surface area contributed by atoms with E-state index in [4.69, 9.17) is 4.74 Å². The van der Waals surface area contributed by atoms with E-state index in [-0.39, 0.29) is 18.1 Å². The zero-order chi connectivity index (χ0) is 15.5. The summed E-state index contributed by atoms with van der Waals surface area (Å²) in [6.07, 6.45) is 0. The van der Waals surface area contributed by atoms with E-state index in [9.17, 15) is 9.59 Å². The van der Waals surface area contributed by atoms with E-state index < -0.39 is 11.4 Å². The van der Waals surface area contributed by atoms with Crippen LogP contribution >= 0.6 is 11.8 Å². The highest BCUT2D eigenvalue weighted by atomic mass is 32.2. The van der Waals surface area contributed by atoms with Crippen molar-refractivity contribution in [3.8, 4) is 0 Å². The lowest BCUT2D eigenvalue weighted by Crippen LogP contribution is -2.36. The Labute approximate surface area is 128 Å². The number of Topliss-reactive ketones (excluding diaryl/α,β-unsaturated/α-hetero) is 1. The Kier molecular flexibility index (Phi) is 4.73. The minimum Gasteiger partial charge on any atom is -0.465 e. The monoisotopic (exact) mass is 305 g/mol. The van der Waals surface area contributed by atoms with Gasteiger partial charge in [-0.3, -0.25) is 9.59 Å². The third kappa shape index (κ3) is 3.47. The Morgan fingerprint density at radius 2 is 2.00 bits per heavy atom. The van der Waals surface area contributed by atoms with Gasteiger partial charge in [0.05, 0.1) is 17.4 Å². The van der Waals surface area contributed by atoms with Crippen molar-refractivity contribution < 1.29 is 14.3 Å². The Balaban J connectivity index is 2.01. The summed E-state index contributed by atoms with van der Waals surface area (Å²) >= 11 is 1.40. The smallest absolute Gasteiger partial charge is 0.319 e. The average Bonchev–Trinajstić information content (AvgIpc) is 2.87. The topological polar surface area (TPSA) is 59.2 Å². The van der Waals surface area contributed by atoms with Gasteiger partial charge in [0, 0.05) is 10.9 Å². The number of aromatic nitrogens is 1. The lowest BCUT2D eigenvalue weighted by atomic mass is 9.89. The first-order valence-corrected chi connectivity index (χ1v) is 7.84. The first-order chi connectivity index (χ1) is 9.95. The van der Waals surface area contributed by atoms with Crippen molar-refractivity contribution >= 4 is 34.4 Å². The number of thioether (sulfide) groups is 1. The molecule has 1 aromatic carbocycles. The van der Waals surface area contributed by atoms with E-state index in [1.54, 1.807) is 20.8 Å². The van der Waals surface area contributed by atoms with Gasteiger partial charge in [-0.05, 0) is 32.9 Å². The number of para-hydroxylation sites is 1. The lowest BCUT2D eigenvalue weighted by molar-refractivity contribution is -0.157. The van der Waals surface area contributed by atoms with Gasteiger partial charge in [0.15, 0.2) is 5.78 Å². The zero-order valence-corrected chi connectivity index (χ0v) is 13.3. The second kappa shape index (κ2) is 6.35. The van der Waals surface area contributed by atoms with Gasteiger partial charge in [0.25, 0.3) is 0 Å². The molecule has 0 amide bonds. The molecule has 0 saturated heterocycles. The molecule has 1 heterocycles. The minimum atomic E-state index is -1.10. The van der Waals surface area contributed by atoms with Crippen LogP contribution in [0.1, 0.15) is 20.8 Å². The molecule has 112 valence electrons. The van der Waals surface area contributed by atoms with Gasteiger partial charge in [-0.2, -0.15) is 0 Å². The molecular formula is C16H19NO3S. The second-order valence-corrected chi connectivity index (χ2v) is 6.30. The van der Waals surface area contributed by atoms with Crippen LogP contribution in [-0.2, 0) is 14.3 Å². The van der Waals surface area contributed by atoms with E-state index >= 15 is 0 Å². The van der Waals surface area contributed by atoms with Crippen LogP contribution in [0.5, 0.6) is 0 Å². The number of hydrogen-bond acceptors (Lipinski definition) is 4. The summed E-state index contributed by atoms with van der Waals surface area (Å²) in [5.41, 5.74) is -0.0632. The normalized spacial score (nSPS) is 11.6. The molecule has 5 heteroatoms. The summed E-state index contributed by atoms with van der Waals surface area (Å²) in [5, 5.41) is 2.03. The molecule has 0 saturated carbocycles. The van der Waals surface area contributed by atoms with E-state index in [1.165, 1.54) is 11.8 Å². The SMILES string of the molecule is CCOC(=O)C(C)(C)C(=O)CSc1cc2ccccc2[nH]1. The minimum absolute atomic E-state index is 0.135. The molecule has 2 aromatic rings. The largest absolute Gasteiger partial charge is 0.465 e. The summed E-state index contributed by atoms with van der Waals surface area (Å²) < 4.78 is 4.95. The van der Waals surface area contributed by atoms with E-state index in [0.29, 0.717) is 0 Å². The van der Waals surface area contributed by atoms with Gasteiger partial charge >= 0.3 is 5.97 Å². The summed E-state index contributed by atoms with van der Waals surface area (Å²) in [6, 6.07) is 9.94. The van der Waals surface area contributed by atoms with Crippen LogP contribution in [0.15, 0.2) is 35.4 Å². The first kappa shape index (κ1) is 15.6. The van der Waals surface area contributed by atoms with E-state index in [1.807, 2.05) is 30.3 Å².